The Hall–Kier alpha value is -4.15. The first-order chi connectivity index (χ1) is 17.7. The van der Waals surface area contributed by atoms with E-state index in [1.165, 1.54) is 5.56 Å². The van der Waals surface area contributed by atoms with E-state index in [9.17, 15) is 0 Å². The number of aromatic nitrogens is 1. The third kappa shape index (κ3) is 4.36. The Labute approximate surface area is 206 Å². The van der Waals surface area contributed by atoms with Crippen molar-refractivity contribution in [2.24, 2.45) is 7.05 Å². The highest BCUT2D eigenvalue weighted by Crippen LogP contribution is 2.33. The molecule has 0 aliphatic rings. The van der Waals surface area contributed by atoms with Crippen molar-refractivity contribution in [1.82, 2.24) is 0 Å². The molecule has 0 saturated carbocycles. The number of pyridine rings is 1. The van der Waals surface area contributed by atoms with E-state index in [1.54, 1.807) is 12.1 Å². The summed E-state index contributed by atoms with van der Waals surface area (Å²) in [5.41, 5.74) is 9.13. The van der Waals surface area contributed by atoms with Crippen molar-refractivity contribution in [2.75, 3.05) is 0 Å². The minimum absolute atomic E-state index is 0.351. The zero-order chi connectivity index (χ0) is 26.2. The monoisotopic (exact) mass is 441 g/mol. The van der Waals surface area contributed by atoms with Gasteiger partial charge in [-0.1, -0.05) is 66.1 Å². The van der Waals surface area contributed by atoms with Gasteiger partial charge in [0.2, 0.25) is 0 Å². The molecule has 1 aromatic heterocycles. The van der Waals surface area contributed by atoms with Gasteiger partial charge >= 0.3 is 0 Å². The standard InChI is InChI=1S/C33H28N/c1-5-8-25-9-6-10-26(18-25)30-15-24(3)16-31(20-30)27-11-7-12-28(19-27)33-22-34(4)21-29-14-13-23(2)17-32(29)33/h6-7,9-22H,1-4H3/q+1/i2D3. The van der Waals surface area contributed by atoms with E-state index in [2.05, 4.69) is 79.6 Å². The van der Waals surface area contributed by atoms with Crippen molar-refractivity contribution in [3.05, 3.63) is 114 Å². The first kappa shape index (κ1) is 18.3. The summed E-state index contributed by atoms with van der Waals surface area (Å²) in [5.74, 6) is 6.13. The molecular formula is C33H28N+. The van der Waals surface area contributed by atoms with Crippen molar-refractivity contribution >= 4 is 10.8 Å². The molecule has 4 aromatic carbocycles. The molecule has 5 aromatic rings. The molecule has 0 aliphatic heterocycles. The normalized spacial score (nSPS) is 12.4. The fraction of sp³-hybridized carbons (Fsp3) is 0.121. The zero-order valence-corrected chi connectivity index (χ0v) is 19.7. The fourth-order valence-electron chi connectivity index (χ4n) is 4.57. The van der Waals surface area contributed by atoms with Crippen LogP contribution in [0.1, 0.15) is 27.7 Å². The zero-order valence-electron chi connectivity index (χ0n) is 22.7. The molecular weight excluding hydrogens is 410 g/mol. The fourth-order valence-corrected chi connectivity index (χ4v) is 4.57. The number of aryl methyl sites for hydroxylation is 3. The molecule has 5 rings (SSSR count). The van der Waals surface area contributed by atoms with Gasteiger partial charge in [0, 0.05) is 20.4 Å². The maximum atomic E-state index is 7.88. The average molecular weight is 442 g/mol. The van der Waals surface area contributed by atoms with Gasteiger partial charge in [-0.3, -0.25) is 0 Å². The van der Waals surface area contributed by atoms with Crippen LogP contribution in [0.15, 0.2) is 97.3 Å². The summed E-state index contributed by atoms with van der Waals surface area (Å²) >= 11 is 0. The summed E-state index contributed by atoms with van der Waals surface area (Å²) in [6.07, 6.45) is 4.09. The van der Waals surface area contributed by atoms with Crippen LogP contribution < -0.4 is 4.57 Å². The van der Waals surface area contributed by atoms with Crippen LogP contribution in [0.3, 0.4) is 0 Å². The molecule has 0 aliphatic carbocycles. The molecule has 0 unspecified atom stereocenters. The Balaban J connectivity index is 1.63. The molecule has 0 radical (unpaired) electrons. The molecule has 34 heavy (non-hydrogen) atoms. The second-order valence-electron chi connectivity index (χ2n) is 8.76. The Bertz CT molecular complexity index is 1700. The Morgan fingerprint density at radius 1 is 0.706 bits per heavy atom. The lowest BCUT2D eigenvalue weighted by molar-refractivity contribution is -0.669. The smallest absolute Gasteiger partial charge is 0.177 e. The summed E-state index contributed by atoms with van der Waals surface area (Å²) in [6.45, 7) is 1.82. The minimum Gasteiger partial charge on any atom is -0.207 e. The summed E-state index contributed by atoms with van der Waals surface area (Å²) in [7, 11) is 1.99. The van der Waals surface area contributed by atoms with E-state index in [4.69, 9.17) is 4.11 Å². The van der Waals surface area contributed by atoms with Gasteiger partial charge in [0.25, 0.3) is 0 Å². The molecule has 1 heteroatoms. The molecule has 0 spiro atoms. The molecule has 0 N–H and O–H groups in total. The highest BCUT2D eigenvalue weighted by Gasteiger charge is 2.12. The number of fused-ring (bicyclic) bond motifs is 1. The van der Waals surface area contributed by atoms with E-state index >= 15 is 0 Å². The Kier molecular flexibility index (Phi) is 4.85. The quantitative estimate of drug-likeness (QED) is 0.200. The van der Waals surface area contributed by atoms with Gasteiger partial charge in [-0.05, 0) is 84.4 Å². The Morgan fingerprint density at radius 2 is 1.41 bits per heavy atom. The summed E-state index contributed by atoms with van der Waals surface area (Å²) in [5, 5.41) is 1.94. The number of nitrogens with zero attached hydrogens (tertiary/aromatic N) is 1. The Morgan fingerprint density at radius 3 is 2.18 bits per heavy atom. The topological polar surface area (TPSA) is 3.88 Å². The van der Waals surface area contributed by atoms with Gasteiger partial charge in [-0.2, -0.15) is 0 Å². The molecule has 0 bridgehead atoms. The predicted molar refractivity (Wildman–Crippen MR) is 143 cm³/mol. The van der Waals surface area contributed by atoms with Crippen LogP contribution in [0.25, 0.3) is 44.2 Å². The second kappa shape index (κ2) is 9.00. The highest BCUT2D eigenvalue weighted by molar-refractivity contribution is 5.96. The van der Waals surface area contributed by atoms with Crippen molar-refractivity contribution in [1.29, 1.82) is 0 Å². The first-order valence-electron chi connectivity index (χ1n) is 12.9. The van der Waals surface area contributed by atoms with E-state index in [-0.39, 0.29) is 0 Å². The van der Waals surface area contributed by atoms with Gasteiger partial charge in [0.05, 0.1) is 5.56 Å². The van der Waals surface area contributed by atoms with E-state index < -0.39 is 6.85 Å². The lowest BCUT2D eigenvalue weighted by Crippen LogP contribution is -2.26. The maximum absolute atomic E-state index is 7.88. The van der Waals surface area contributed by atoms with Gasteiger partial charge in [-0.25, -0.2) is 4.57 Å². The molecule has 0 amide bonds. The van der Waals surface area contributed by atoms with Crippen LogP contribution in [-0.2, 0) is 7.05 Å². The van der Waals surface area contributed by atoms with Crippen LogP contribution in [0.4, 0.5) is 0 Å². The number of rotatable bonds is 3. The first-order valence-corrected chi connectivity index (χ1v) is 11.4. The maximum Gasteiger partial charge on any atom is 0.177 e. The lowest BCUT2D eigenvalue weighted by Gasteiger charge is -2.11. The summed E-state index contributed by atoms with van der Waals surface area (Å²) < 4.78 is 25.7. The lowest BCUT2D eigenvalue weighted by atomic mass is 9.93. The van der Waals surface area contributed by atoms with Crippen molar-refractivity contribution < 1.29 is 8.68 Å². The van der Waals surface area contributed by atoms with Crippen molar-refractivity contribution in [3.63, 3.8) is 0 Å². The van der Waals surface area contributed by atoms with Crippen LogP contribution in [0, 0.1) is 25.6 Å². The van der Waals surface area contributed by atoms with Crippen LogP contribution in [0.2, 0.25) is 0 Å². The van der Waals surface area contributed by atoms with Crippen molar-refractivity contribution in [2.45, 2.75) is 20.7 Å². The largest absolute Gasteiger partial charge is 0.207 e. The van der Waals surface area contributed by atoms with Gasteiger partial charge in [-0.15, -0.1) is 5.92 Å². The number of hydrogen-bond donors (Lipinski definition) is 0. The molecule has 0 fully saturated rings. The minimum atomic E-state index is -2.15. The third-order valence-corrected chi connectivity index (χ3v) is 6.07. The van der Waals surface area contributed by atoms with Gasteiger partial charge < -0.3 is 0 Å². The molecule has 1 heterocycles. The predicted octanol–water partition coefficient (Wildman–Crippen LogP) is 7.65. The second-order valence-corrected chi connectivity index (χ2v) is 8.76. The SMILES string of the molecule is [2H]C([2H])([2H])c1ccc2c[n+](C)cc(-c3cccc(-c4cc(C)cc(-c5cccc(C#CC)c5)c4)c3)c2c1. The highest BCUT2D eigenvalue weighted by atomic mass is 14.9. The third-order valence-electron chi connectivity index (χ3n) is 6.07. The molecule has 164 valence electrons. The van der Waals surface area contributed by atoms with Crippen LogP contribution in [0.5, 0.6) is 0 Å². The van der Waals surface area contributed by atoms with Crippen molar-refractivity contribution in [3.8, 4) is 45.2 Å². The number of hydrogen-bond acceptors (Lipinski definition) is 0. The van der Waals surface area contributed by atoms with Gasteiger partial charge in [0.15, 0.2) is 12.4 Å². The molecule has 0 saturated heterocycles. The van der Waals surface area contributed by atoms with Gasteiger partial charge in [0.1, 0.15) is 7.05 Å². The summed E-state index contributed by atoms with van der Waals surface area (Å²) in [4.78, 5) is 0. The van der Waals surface area contributed by atoms with E-state index in [0.717, 1.165) is 49.7 Å². The molecule has 0 atom stereocenters. The van der Waals surface area contributed by atoms with E-state index in [1.807, 2.05) is 42.9 Å². The number of benzene rings is 4. The van der Waals surface area contributed by atoms with Crippen LogP contribution in [-0.4, -0.2) is 0 Å². The molecule has 1 nitrogen and oxygen atoms in total. The van der Waals surface area contributed by atoms with Crippen LogP contribution >= 0.6 is 0 Å². The van der Waals surface area contributed by atoms with E-state index in [0.29, 0.717) is 5.56 Å². The summed E-state index contributed by atoms with van der Waals surface area (Å²) in [6, 6.07) is 28.8. The average Bonchev–Trinajstić information content (AvgIpc) is 2.87.